The number of ether oxygens (including phenoxy) is 1. The number of rotatable bonds is 2. The Morgan fingerprint density at radius 3 is 2.92 bits per heavy atom. The van der Waals surface area contributed by atoms with Gasteiger partial charge >= 0.3 is 5.97 Å². The highest BCUT2D eigenvalue weighted by Crippen LogP contribution is 2.22. The minimum Gasteiger partial charge on any atom is -0.465 e. The molecule has 1 rings (SSSR count). The average molecular weight is 175 g/mol. The molecule has 0 aromatic rings. The first-order chi connectivity index (χ1) is 5.58. The van der Waals surface area contributed by atoms with Crippen LogP contribution in [0.3, 0.4) is 0 Å². The highest BCUT2D eigenvalue weighted by molar-refractivity contribution is 5.80. The van der Waals surface area contributed by atoms with Crippen molar-refractivity contribution in [1.29, 1.82) is 0 Å². The van der Waals surface area contributed by atoms with Crippen LogP contribution in [-0.4, -0.2) is 30.8 Å². The van der Waals surface area contributed by atoms with Crippen molar-refractivity contribution >= 4 is 5.97 Å². The highest BCUT2D eigenvalue weighted by atomic mass is 19.1. The summed E-state index contributed by atoms with van der Waals surface area (Å²) >= 11 is 0. The average Bonchev–Trinajstić information content (AvgIpc) is 2.33. The van der Waals surface area contributed by atoms with Gasteiger partial charge < -0.3 is 4.74 Å². The van der Waals surface area contributed by atoms with Gasteiger partial charge in [-0.2, -0.15) is 0 Å². The molecule has 4 heteroatoms. The Balaban J connectivity index is 2.54. The Kier molecular flexibility index (Phi) is 2.67. The number of nitrogens with one attached hydrogen (secondary N) is 1. The monoisotopic (exact) mass is 175 g/mol. The third-order valence-electron chi connectivity index (χ3n) is 2.07. The van der Waals surface area contributed by atoms with Crippen LogP contribution in [0.4, 0.5) is 4.39 Å². The first kappa shape index (κ1) is 9.45. The smallest absolute Gasteiger partial charge is 0.326 e. The molecule has 3 nitrogen and oxygen atoms in total. The molecular formula is C8H14FNO2. The Labute approximate surface area is 71.3 Å². The second-order valence-corrected chi connectivity index (χ2v) is 3.23. The molecule has 1 N–H and O–H groups in total. The third-order valence-corrected chi connectivity index (χ3v) is 2.07. The van der Waals surface area contributed by atoms with Crippen molar-refractivity contribution in [2.75, 3.05) is 13.2 Å². The lowest BCUT2D eigenvalue weighted by Crippen LogP contribution is -2.45. The second-order valence-electron chi connectivity index (χ2n) is 3.23. The molecule has 0 amide bonds. The fourth-order valence-electron chi connectivity index (χ4n) is 1.37. The first-order valence-corrected chi connectivity index (χ1v) is 4.15. The molecule has 1 aliphatic heterocycles. The van der Waals surface area contributed by atoms with Gasteiger partial charge in [-0.25, -0.2) is 4.39 Å². The summed E-state index contributed by atoms with van der Waals surface area (Å²) in [5, 5.41) is 2.82. The number of carbonyl (C=O) groups is 1. The Hall–Kier alpha value is -0.640. The van der Waals surface area contributed by atoms with Gasteiger partial charge in [0.05, 0.1) is 6.61 Å². The summed E-state index contributed by atoms with van der Waals surface area (Å²) in [4.78, 5) is 11.3. The standard InChI is InChI=1S/C8H14FNO2/c1-3-12-7(11)8(2)4-6(9)5-10-8/h6,10H,3-5H2,1-2H3/t6-,8-/m0/s1. The maximum absolute atomic E-state index is 12.7. The van der Waals surface area contributed by atoms with Crippen LogP contribution < -0.4 is 5.32 Å². The molecule has 0 aromatic carbocycles. The topological polar surface area (TPSA) is 38.3 Å². The predicted octanol–water partition coefficient (Wildman–Crippen LogP) is 0.640. The van der Waals surface area contributed by atoms with Gasteiger partial charge in [0.2, 0.25) is 0 Å². The van der Waals surface area contributed by atoms with Gasteiger partial charge in [0.15, 0.2) is 0 Å². The number of esters is 1. The lowest BCUT2D eigenvalue weighted by Gasteiger charge is -2.20. The van der Waals surface area contributed by atoms with E-state index in [1.807, 2.05) is 0 Å². The van der Waals surface area contributed by atoms with Crippen LogP contribution >= 0.6 is 0 Å². The van der Waals surface area contributed by atoms with E-state index >= 15 is 0 Å². The van der Waals surface area contributed by atoms with Crippen molar-refractivity contribution in [2.24, 2.45) is 0 Å². The van der Waals surface area contributed by atoms with Gasteiger partial charge in [-0.05, 0) is 13.8 Å². The van der Waals surface area contributed by atoms with Crippen LogP contribution in [0, 0.1) is 0 Å². The van der Waals surface area contributed by atoms with Crippen LogP contribution in [0.15, 0.2) is 0 Å². The molecule has 0 aromatic heterocycles. The molecule has 1 heterocycles. The van der Waals surface area contributed by atoms with Gasteiger partial charge in [0, 0.05) is 13.0 Å². The fraction of sp³-hybridized carbons (Fsp3) is 0.875. The molecule has 70 valence electrons. The Morgan fingerprint density at radius 1 is 1.83 bits per heavy atom. The van der Waals surface area contributed by atoms with Gasteiger partial charge in [-0.15, -0.1) is 0 Å². The minimum absolute atomic E-state index is 0.214. The van der Waals surface area contributed by atoms with Crippen LogP contribution in [-0.2, 0) is 9.53 Å². The largest absolute Gasteiger partial charge is 0.465 e. The van der Waals surface area contributed by atoms with E-state index < -0.39 is 11.7 Å². The molecule has 0 unspecified atom stereocenters. The van der Waals surface area contributed by atoms with E-state index in [4.69, 9.17) is 4.74 Å². The van der Waals surface area contributed by atoms with Gasteiger partial charge in [0.1, 0.15) is 11.7 Å². The number of hydrogen-bond donors (Lipinski definition) is 1. The zero-order valence-electron chi connectivity index (χ0n) is 7.39. The van der Waals surface area contributed by atoms with Crippen molar-refractivity contribution in [3.05, 3.63) is 0 Å². The van der Waals surface area contributed by atoms with E-state index in [9.17, 15) is 9.18 Å². The maximum atomic E-state index is 12.7. The van der Waals surface area contributed by atoms with Crippen LogP contribution in [0.2, 0.25) is 0 Å². The molecule has 1 aliphatic rings. The molecule has 0 aliphatic carbocycles. The van der Waals surface area contributed by atoms with Crippen molar-refractivity contribution < 1.29 is 13.9 Å². The molecule has 0 radical (unpaired) electrons. The zero-order chi connectivity index (χ0) is 9.19. The van der Waals surface area contributed by atoms with Crippen molar-refractivity contribution in [3.63, 3.8) is 0 Å². The second kappa shape index (κ2) is 3.39. The molecular weight excluding hydrogens is 161 g/mol. The summed E-state index contributed by atoms with van der Waals surface area (Å²) in [5.41, 5.74) is -0.810. The van der Waals surface area contributed by atoms with E-state index in [-0.39, 0.29) is 18.9 Å². The number of alkyl halides is 1. The Bertz CT molecular complexity index is 186. The summed E-state index contributed by atoms with van der Waals surface area (Å²) in [6.45, 7) is 4.00. The quantitative estimate of drug-likeness (QED) is 0.626. The Morgan fingerprint density at radius 2 is 2.50 bits per heavy atom. The third kappa shape index (κ3) is 1.75. The maximum Gasteiger partial charge on any atom is 0.326 e. The summed E-state index contributed by atoms with van der Waals surface area (Å²) < 4.78 is 17.6. The summed E-state index contributed by atoms with van der Waals surface area (Å²) in [7, 11) is 0. The van der Waals surface area contributed by atoms with Crippen molar-refractivity contribution in [2.45, 2.75) is 32.0 Å². The summed E-state index contributed by atoms with van der Waals surface area (Å²) in [5.74, 6) is -0.356. The normalized spacial score (nSPS) is 35.1. The molecule has 12 heavy (non-hydrogen) atoms. The number of carbonyl (C=O) groups excluding carboxylic acids is 1. The van der Waals surface area contributed by atoms with E-state index in [0.29, 0.717) is 6.61 Å². The number of hydrogen-bond acceptors (Lipinski definition) is 3. The molecule has 0 bridgehead atoms. The lowest BCUT2D eigenvalue weighted by atomic mass is 10.0. The molecule has 1 fully saturated rings. The van der Waals surface area contributed by atoms with Crippen LogP contribution in [0.25, 0.3) is 0 Å². The van der Waals surface area contributed by atoms with E-state index in [1.54, 1.807) is 13.8 Å². The van der Waals surface area contributed by atoms with Gasteiger partial charge in [-0.1, -0.05) is 0 Å². The van der Waals surface area contributed by atoms with Gasteiger partial charge in [-0.3, -0.25) is 10.1 Å². The van der Waals surface area contributed by atoms with E-state index in [0.717, 1.165) is 0 Å². The SMILES string of the molecule is CCOC(=O)[C@]1(C)C[C@H](F)CN1. The number of halogens is 1. The minimum atomic E-state index is -0.931. The van der Waals surface area contributed by atoms with Crippen LogP contribution in [0.1, 0.15) is 20.3 Å². The van der Waals surface area contributed by atoms with E-state index in [1.165, 1.54) is 0 Å². The zero-order valence-corrected chi connectivity index (χ0v) is 7.39. The highest BCUT2D eigenvalue weighted by Gasteiger charge is 2.42. The summed E-state index contributed by atoms with van der Waals surface area (Å²) in [6, 6.07) is 0. The van der Waals surface area contributed by atoms with Crippen molar-refractivity contribution in [1.82, 2.24) is 5.32 Å². The fourth-order valence-corrected chi connectivity index (χ4v) is 1.37. The molecule has 0 spiro atoms. The molecule has 2 atom stereocenters. The van der Waals surface area contributed by atoms with E-state index in [2.05, 4.69) is 5.32 Å². The first-order valence-electron chi connectivity index (χ1n) is 4.15. The van der Waals surface area contributed by atoms with Crippen molar-refractivity contribution in [3.8, 4) is 0 Å². The van der Waals surface area contributed by atoms with Gasteiger partial charge in [0.25, 0.3) is 0 Å². The molecule has 0 saturated carbocycles. The lowest BCUT2D eigenvalue weighted by molar-refractivity contribution is -0.149. The predicted molar refractivity (Wildman–Crippen MR) is 42.6 cm³/mol. The molecule has 1 saturated heterocycles. The summed E-state index contributed by atoms with van der Waals surface area (Å²) in [6.07, 6.45) is -0.717. The van der Waals surface area contributed by atoms with Crippen LogP contribution in [0.5, 0.6) is 0 Å².